The number of carbonyl (C=O) groups is 2. The lowest BCUT2D eigenvalue weighted by molar-refractivity contribution is -0.885. The van der Waals surface area contributed by atoms with Gasteiger partial charge in [-0.2, -0.15) is 0 Å². The van der Waals surface area contributed by atoms with Crippen LogP contribution in [0.15, 0.2) is 24.3 Å². The lowest BCUT2D eigenvalue weighted by atomic mass is 10.2. The first-order valence-electron chi connectivity index (χ1n) is 7.99. The van der Waals surface area contributed by atoms with Crippen molar-refractivity contribution in [2.45, 2.75) is 32.9 Å². The molecule has 0 aromatic heterocycles. The minimum atomic E-state index is -0.424. The summed E-state index contributed by atoms with van der Waals surface area (Å²) in [6, 6.07) is 7.87. The molecule has 0 aliphatic heterocycles. The van der Waals surface area contributed by atoms with E-state index in [0.29, 0.717) is 0 Å². The molecule has 3 N–H and O–H groups in total. The van der Waals surface area contributed by atoms with Crippen LogP contribution in [-0.2, 0) is 11.3 Å². The van der Waals surface area contributed by atoms with Gasteiger partial charge in [0.2, 0.25) is 0 Å². The number of benzene rings is 1. The Kier molecular flexibility index (Phi) is 7.54. The van der Waals surface area contributed by atoms with Gasteiger partial charge in [-0.3, -0.25) is 10.1 Å². The van der Waals surface area contributed by atoms with Crippen LogP contribution in [0.2, 0.25) is 0 Å². The number of nitrogens with one attached hydrogen (secondary N) is 3. The molecule has 1 rings (SSSR count). The number of quaternary nitrogens is 1. The summed E-state index contributed by atoms with van der Waals surface area (Å²) in [5, 5.41) is 5.08. The molecule has 0 bridgehead atoms. The highest BCUT2D eigenvalue weighted by Gasteiger charge is 2.14. The second-order valence-corrected chi connectivity index (χ2v) is 6.20. The number of anilines is 1. The molecule has 0 heterocycles. The summed E-state index contributed by atoms with van der Waals surface area (Å²) in [7, 11) is 5.94. The fourth-order valence-electron chi connectivity index (χ4n) is 2.13. The monoisotopic (exact) mass is 321 g/mol. The summed E-state index contributed by atoms with van der Waals surface area (Å²) in [5.74, 6) is -0.270. The van der Waals surface area contributed by atoms with Crippen LogP contribution in [0, 0.1) is 0 Å². The van der Waals surface area contributed by atoms with Gasteiger partial charge in [-0.15, -0.1) is 0 Å². The molecule has 2 atom stereocenters. The zero-order valence-corrected chi connectivity index (χ0v) is 14.8. The molecule has 6 heteroatoms. The SMILES string of the molecule is CC[C@H](C)NC(=O)NC(=O)C[NH+](C)Cc1ccc(N(C)C)cc1. The summed E-state index contributed by atoms with van der Waals surface area (Å²) in [4.78, 5) is 26.5. The summed E-state index contributed by atoms with van der Waals surface area (Å²) < 4.78 is 0. The normalized spacial score (nSPS) is 13.1. The first-order valence-corrected chi connectivity index (χ1v) is 7.99. The van der Waals surface area contributed by atoms with E-state index in [1.807, 2.05) is 39.9 Å². The Morgan fingerprint density at radius 1 is 1.22 bits per heavy atom. The third-order valence-corrected chi connectivity index (χ3v) is 3.66. The minimum absolute atomic E-state index is 0.0584. The Balaban J connectivity index is 2.41. The molecule has 0 saturated heterocycles. The number of carbonyl (C=O) groups excluding carboxylic acids is 2. The van der Waals surface area contributed by atoms with Crippen molar-refractivity contribution in [2.75, 3.05) is 32.6 Å². The molecule has 1 aromatic rings. The fraction of sp³-hybridized carbons (Fsp3) is 0.529. The summed E-state index contributed by atoms with van der Waals surface area (Å²) in [6.07, 6.45) is 0.829. The van der Waals surface area contributed by atoms with Gasteiger partial charge in [0, 0.05) is 31.4 Å². The number of likely N-dealkylation sites (N-methyl/N-ethyl adjacent to an activating group) is 1. The molecule has 0 saturated carbocycles. The third kappa shape index (κ3) is 7.15. The fourth-order valence-corrected chi connectivity index (χ4v) is 2.13. The van der Waals surface area contributed by atoms with E-state index in [1.165, 1.54) is 0 Å². The van der Waals surface area contributed by atoms with Crippen molar-refractivity contribution in [2.24, 2.45) is 0 Å². The van der Waals surface area contributed by atoms with Gasteiger partial charge in [-0.1, -0.05) is 19.1 Å². The van der Waals surface area contributed by atoms with Crippen molar-refractivity contribution in [3.8, 4) is 0 Å². The largest absolute Gasteiger partial charge is 0.378 e. The number of nitrogens with zero attached hydrogens (tertiary/aromatic N) is 1. The average Bonchev–Trinajstić information content (AvgIpc) is 2.46. The summed E-state index contributed by atoms with van der Waals surface area (Å²) in [5.41, 5.74) is 2.30. The van der Waals surface area contributed by atoms with E-state index < -0.39 is 6.03 Å². The van der Waals surface area contributed by atoms with E-state index in [-0.39, 0.29) is 18.5 Å². The summed E-state index contributed by atoms with van der Waals surface area (Å²) in [6.45, 7) is 4.86. The van der Waals surface area contributed by atoms with E-state index in [0.717, 1.165) is 29.1 Å². The van der Waals surface area contributed by atoms with Gasteiger partial charge in [0.1, 0.15) is 6.54 Å². The molecule has 0 aliphatic rings. The lowest BCUT2D eigenvalue weighted by Gasteiger charge is -2.16. The van der Waals surface area contributed by atoms with Crippen LogP contribution < -0.4 is 20.4 Å². The Hall–Kier alpha value is -2.08. The third-order valence-electron chi connectivity index (χ3n) is 3.66. The van der Waals surface area contributed by atoms with Crippen molar-refractivity contribution < 1.29 is 14.5 Å². The molecule has 23 heavy (non-hydrogen) atoms. The topological polar surface area (TPSA) is 65.9 Å². The molecule has 1 aromatic carbocycles. The Bertz CT molecular complexity index is 514. The van der Waals surface area contributed by atoms with Gasteiger partial charge in [0.15, 0.2) is 6.54 Å². The van der Waals surface area contributed by atoms with Crippen molar-refractivity contribution in [1.82, 2.24) is 10.6 Å². The predicted molar refractivity (Wildman–Crippen MR) is 92.7 cm³/mol. The van der Waals surface area contributed by atoms with Crippen molar-refractivity contribution in [1.29, 1.82) is 0 Å². The van der Waals surface area contributed by atoms with E-state index in [1.54, 1.807) is 0 Å². The number of imide groups is 1. The quantitative estimate of drug-likeness (QED) is 0.681. The van der Waals surface area contributed by atoms with E-state index in [2.05, 4.69) is 34.9 Å². The molecule has 0 radical (unpaired) electrons. The van der Waals surface area contributed by atoms with Crippen LogP contribution in [0.4, 0.5) is 10.5 Å². The van der Waals surface area contributed by atoms with E-state index >= 15 is 0 Å². The first-order chi connectivity index (χ1) is 10.8. The Morgan fingerprint density at radius 2 is 1.83 bits per heavy atom. The van der Waals surface area contributed by atoms with Crippen molar-refractivity contribution in [3.05, 3.63) is 29.8 Å². The molecule has 0 fully saturated rings. The summed E-state index contributed by atoms with van der Waals surface area (Å²) >= 11 is 0. The van der Waals surface area contributed by atoms with Crippen LogP contribution in [-0.4, -0.2) is 45.7 Å². The van der Waals surface area contributed by atoms with Gasteiger partial charge in [0.05, 0.1) is 7.05 Å². The number of rotatable bonds is 7. The van der Waals surface area contributed by atoms with Crippen molar-refractivity contribution in [3.63, 3.8) is 0 Å². The lowest BCUT2D eigenvalue weighted by Crippen LogP contribution is -3.09. The molecular formula is C17H29N4O2+. The van der Waals surface area contributed by atoms with Gasteiger partial charge in [-0.25, -0.2) is 4.79 Å². The van der Waals surface area contributed by atoms with Crippen LogP contribution in [0.3, 0.4) is 0 Å². The molecule has 1 unspecified atom stereocenters. The highest BCUT2D eigenvalue weighted by Crippen LogP contribution is 2.11. The van der Waals surface area contributed by atoms with Gasteiger partial charge < -0.3 is 15.1 Å². The van der Waals surface area contributed by atoms with Gasteiger partial charge in [-0.05, 0) is 25.5 Å². The van der Waals surface area contributed by atoms with Crippen molar-refractivity contribution >= 4 is 17.6 Å². The highest BCUT2D eigenvalue weighted by molar-refractivity contribution is 5.94. The number of urea groups is 1. The molecule has 0 aliphatic carbocycles. The molecule has 6 nitrogen and oxygen atoms in total. The second kappa shape index (κ2) is 9.15. The van der Waals surface area contributed by atoms with Gasteiger partial charge >= 0.3 is 6.03 Å². The molecule has 128 valence electrons. The number of hydrogen-bond acceptors (Lipinski definition) is 3. The molecular weight excluding hydrogens is 292 g/mol. The smallest absolute Gasteiger partial charge is 0.321 e. The van der Waals surface area contributed by atoms with Crippen LogP contribution in [0.25, 0.3) is 0 Å². The maximum absolute atomic E-state index is 11.9. The average molecular weight is 321 g/mol. The highest BCUT2D eigenvalue weighted by atomic mass is 16.2. The maximum atomic E-state index is 11.9. The second-order valence-electron chi connectivity index (χ2n) is 6.20. The Labute approximate surface area is 138 Å². The zero-order valence-electron chi connectivity index (χ0n) is 14.8. The van der Waals surface area contributed by atoms with Crippen LogP contribution in [0.5, 0.6) is 0 Å². The van der Waals surface area contributed by atoms with E-state index in [9.17, 15) is 9.59 Å². The number of hydrogen-bond donors (Lipinski definition) is 3. The standard InChI is InChI=1S/C17H28N4O2/c1-6-13(2)18-17(23)19-16(22)12-21(5)11-14-7-9-15(10-8-14)20(3)4/h7-10,13H,6,11-12H2,1-5H3,(H2,18,19,22,23)/p+1/t13-/m0/s1. The molecule has 0 spiro atoms. The predicted octanol–water partition coefficient (Wildman–Crippen LogP) is 0.392. The minimum Gasteiger partial charge on any atom is -0.378 e. The van der Waals surface area contributed by atoms with Crippen LogP contribution in [0.1, 0.15) is 25.8 Å². The van der Waals surface area contributed by atoms with Gasteiger partial charge in [0.25, 0.3) is 5.91 Å². The molecule has 3 amide bonds. The number of amides is 3. The first kappa shape index (κ1) is 19.0. The Morgan fingerprint density at radius 3 is 2.35 bits per heavy atom. The van der Waals surface area contributed by atoms with E-state index in [4.69, 9.17) is 0 Å². The van der Waals surface area contributed by atoms with Crippen LogP contribution >= 0.6 is 0 Å². The zero-order chi connectivity index (χ0) is 17.4. The maximum Gasteiger partial charge on any atom is 0.321 e.